The van der Waals surface area contributed by atoms with Crippen LogP contribution in [-0.2, 0) is 12.8 Å². The van der Waals surface area contributed by atoms with E-state index in [0.717, 1.165) is 25.3 Å². The fourth-order valence-corrected chi connectivity index (χ4v) is 4.07. The topological polar surface area (TPSA) is 29.3 Å². The predicted octanol–water partition coefficient (Wildman–Crippen LogP) is 2.85. The number of rotatable bonds is 2. The minimum absolute atomic E-state index is 0.184. The summed E-state index contributed by atoms with van der Waals surface area (Å²) >= 11 is 0. The van der Waals surface area contributed by atoms with Gasteiger partial charge in [-0.1, -0.05) is 45.0 Å². The highest BCUT2D eigenvalue weighted by molar-refractivity contribution is 5.36. The van der Waals surface area contributed by atoms with Gasteiger partial charge in [0.05, 0.1) is 0 Å². The first kappa shape index (κ1) is 14.1. The van der Waals surface area contributed by atoms with Gasteiger partial charge >= 0.3 is 0 Å². The minimum Gasteiger partial charge on any atom is -0.329 e. The maximum absolute atomic E-state index is 6.24. The van der Waals surface area contributed by atoms with Gasteiger partial charge in [0.15, 0.2) is 0 Å². The Morgan fingerprint density at radius 2 is 1.80 bits per heavy atom. The summed E-state index contributed by atoms with van der Waals surface area (Å²) in [4.78, 5) is 2.70. The molecule has 1 fully saturated rings. The lowest BCUT2D eigenvalue weighted by Crippen LogP contribution is -2.54. The summed E-state index contributed by atoms with van der Waals surface area (Å²) in [6.45, 7) is 10.3. The summed E-state index contributed by atoms with van der Waals surface area (Å²) in [5.74, 6) is 0.801. The summed E-state index contributed by atoms with van der Waals surface area (Å²) < 4.78 is 0. The molecule has 1 aromatic rings. The predicted molar refractivity (Wildman–Crippen MR) is 84.8 cm³/mol. The molecule has 1 unspecified atom stereocenters. The quantitative estimate of drug-likeness (QED) is 0.897. The van der Waals surface area contributed by atoms with Gasteiger partial charge in [-0.25, -0.2) is 0 Å². The molecule has 0 radical (unpaired) electrons. The second-order valence-corrected chi connectivity index (χ2v) is 7.85. The summed E-state index contributed by atoms with van der Waals surface area (Å²) in [6.07, 6.45) is 3.59. The van der Waals surface area contributed by atoms with Crippen LogP contribution in [0.2, 0.25) is 0 Å². The fourth-order valence-electron chi connectivity index (χ4n) is 4.07. The van der Waals surface area contributed by atoms with E-state index >= 15 is 0 Å². The van der Waals surface area contributed by atoms with E-state index < -0.39 is 0 Å². The van der Waals surface area contributed by atoms with Gasteiger partial charge in [0.2, 0.25) is 0 Å². The molecule has 2 aliphatic rings. The number of fused-ring (bicyclic) bond motifs is 1. The Labute approximate surface area is 123 Å². The van der Waals surface area contributed by atoms with Crippen molar-refractivity contribution in [1.29, 1.82) is 0 Å². The van der Waals surface area contributed by atoms with Crippen LogP contribution in [0.4, 0.5) is 0 Å². The molecule has 3 rings (SSSR count). The molecular formula is C18H28N2. The van der Waals surface area contributed by atoms with Crippen molar-refractivity contribution in [2.75, 3.05) is 19.6 Å². The number of hydrogen-bond donors (Lipinski definition) is 1. The third-order valence-corrected chi connectivity index (χ3v) is 5.62. The van der Waals surface area contributed by atoms with Crippen molar-refractivity contribution < 1.29 is 0 Å². The van der Waals surface area contributed by atoms with Crippen LogP contribution < -0.4 is 5.73 Å². The van der Waals surface area contributed by atoms with Crippen LogP contribution in [-0.4, -0.2) is 30.1 Å². The molecule has 1 aromatic carbocycles. The van der Waals surface area contributed by atoms with Gasteiger partial charge in [-0.05, 0) is 48.3 Å². The van der Waals surface area contributed by atoms with Crippen molar-refractivity contribution in [1.82, 2.24) is 4.90 Å². The van der Waals surface area contributed by atoms with Gasteiger partial charge in [0, 0.05) is 18.6 Å². The Morgan fingerprint density at radius 1 is 1.20 bits per heavy atom. The van der Waals surface area contributed by atoms with E-state index in [-0.39, 0.29) is 5.54 Å². The zero-order valence-corrected chi connectivity index (χ0v) is 13.2. The summed E-state index contributed by atoms with van der Waals surface area (Å²) in [5, 5.41) is 0. The van der Waals surface area contributed by atoms with E-state index in [0.29, 0.717) is 5.41 Å². The first-order valence-electron chi connectivity index (χ1n) is 7.96. The molecule has 0 bridgehead atoms. The SMILES string of the molecule is CC(C)(C)C1CCN(C2(CN)Cc3ccccc3C2)C1. The van der Waals surface area contributed by atoms with Crippen LogP contribution >= 0.6 is 0 Å². The molecule has 2 heteroatoms. The lowest BCUT2D eigenvalue weighted by atomic mass is 9.80. The second-order valence-electron chi connectivity index (χ2n) is 7.85. The Bertz CT molecular complexity index is 461. The first-order valence-corrected chi connectivity index (χ1v) is 7.96. The standard InChI is InChI=1S/C18H28N2/c1-17(2,3)16-8-9-20(12-16)18(13-19)10-14-6-4-5-7-15(14)11-18/h4-7,16H,8-13,19H2,1-3H3. The molecule has 110 valence electrons. The molecule has 0 saturated carbocycles. The van der Waals surface area contributed by atoms with Crippen molar-refractivity contribution in [3.8, 4) is 0 Å². The average molecular weight is 272 g/mol. The third kappa shape index (κ3) is 2.29. The van der Waals surface area contributed by atoms with Crippen molar-refractivity contribution in [2.24, 2.45) is 17.1 Å². The van der Waals surface area contributed by atoms with E-state index in [1.165, 1.54) is 30.6 Å². The molecule has 1 atom stereocenters. The highest BCUT2D eigenvalue weighted by Crippen LogP contribution is 2.41. The maximum Gasteiger partial charge on any atom is 0.0412 e. The average Bonchev–Trinajstić information content (AvgIpc) is 3.03. The highest BCUT2D eigenvalue weighted by Gasteiger charge is 2.45. The number of nitrogens with two attached hydrogens (primary N) is 1. The third-order valence-electron chi connectivity index (χ3n) is 5.62. The van der Waals surface area contributed by atoms with Gasteiger partial charge in [-0.15, -0.1) is 0 Å². The van der Waals surface area contributed by atoms with E-state index in [9.17, 15) is 0 Å². The Hall–Kier alpha value is -0.860. The normalized spacial score (nSPS) is 25.9. The highest BCUT2D eigenvalue weighted by atomic mass is 15.2. The van der Waals surface area contributed by atoms with Crippen LogP contribution in [0.1, 0.15) is 38.3 Å². The molecule has 1 saturated heterocycles. The van der Waals surface area contributed by atoms with Gasteiger partial charge in [0.25, 0.3) is 0 Å². The molecule has 1 aliphatic heterocycles. The lowest BCUT2D eigenvalue weighted by Gasteiger charge is -2.39. The van der Waals surface area contributed by atoms with E-state index in [2.05, 4.69) is 49.9 Å². The van der Waals surface area contributed by atoms with E-state index in [1.54, 1.807) is 0 Å². The van der Waals surface area contributed by atoms with Gasteiger partial charge in [0.1, 0.15) is 0 Å². The summed E-state index contributed by atoms with van der Waals surface area (Å²) in [5.41, 5.74) is 9.86. The number of likely N-dealkylation sites (tertiary alicyclic amines) is 1. The molecule has 2 nitrogen and oxygen atoms in total. The lowest BCUT2D eigenvalue weighted by molar-refractivity contribution is 0.116. The largest absolute Gasteiger partial charge is 0.329 e. The molecule has 0 amide bonds. The van der Waals surface area contributed by atoms with Crippen molar-refractivity contribution in [3.05, 3.63) is 35.4 Å². The zero-order chi connectivity index (χ0) is 14.4. The first-order chi connectivity index (χ1) is 9.44. The second kappa shape index (κ2) is 4.85. The summed E-state index contributed by atoms with van der Waals surface area (Å²) in [7, 11) is 0. The van der Waals surface area contributed by atoms with Gasteiger partial charge in [-0.2, -0.15) is 0 Å². The molecule has 2 N–H and O–H groups in total. The van der Waals surface area contributed by atoms with Crippen LogP contribution in [0, 0.1) is 11.3 Å². The Morgan fingerprint density at radius 3 is 2.25 bits per heavy atom. The monoisotopic (exact) mass is 272 g/mol. The number of hydrogen-bond acceptors (Lipinski definition) is 2. The van der Waals surface area contributed by atoms with Crippen LogP contribution in [0.15, 0.2) is 24.3 Å². The van der Waals surface area contributed by atoms with E-state index in [4.69, 9.17) is 5.73 Å². The van der Waals surface area contributed by atoms with Crippen molar-refractivity contribution in [2.45, 2.75) is 45.6 Å². The minimum atomic E-state index is 0.184. The van der Waals surface area contributed by atoms with E-state index in [1.807, 2.05) is 0 Å². The molecule has 0 spiro atoms. The molecule has 1 aliphatic carbocycles. The number of benzene rings is 1. The smallest absolute Gasteiger partial charge is 0.0412 e. The molecular weight excluding hydrogens is 244 g/mol. The zero-order valence-electron chi connectivity index (χ0n) is 13.2. The Balaban J connectivity index is 1.80. The van der Waals surface area contributed by atoms with Crippen LogP contribution in [0.25, 0.3) is 0 Å². The van der Waals surface area contributed by atoms with Crippen molar-refractivity contribution >= 4 is 0 Å². The summed E-state index contributed by atoms with van der Waals surface area (Å²) in [6, 6.07) is 8.88. The van der Waals surface area contributed by atoms with Gasteiger partial charge < -0.3 is 5.73 Å². The Kier molecular flexibility index (Phi) is 3.42. The maximum atomic E-state index is 6.24. The van der Waals surface area contributed by atoms with Crippen molar-refractivity contribution in [3.63, 3.8) is 0 Å². The number of nitrogens with zero attached hydrogens (tertiary/aromatic N) is 1. The molecule has 1 heterocycles. The van der Waals surface area contributed by atoms with Gasteiger partial charge in [-0.3, -0.25) is 4.90 Å². The van der Waals surface area contributed by atoms with Crippen LogP contribution in [0.5, 0.6) is 0 Å². The molecule has 20 heavy (non-hydrogen) atoms. The molecule has 0 aromatic heterocycles. The van der Waals surface area contributed by atoms with Crippen LogP contribution in [0.3, 0.4) is 0 Å². The fraction of sp³-hybridized carbons (Fsp3) is 0.667.